The third kappa shape index (κ3) is 3.09. The molecule has 0 bridgehead atoms. The van der Waals surface area contributed by atoms with E-state index in [2.05, 4.69) is 35.1 Å². The van der Waals surface area contributed by atoms with Crippen LogP contribution < -0.4 is 10.9 Å². The SMILES string of the molecule is O=C(NNCc1cccc2ccccc12)c1ccccc1. The van der Waals surface area contributed by atoms with Crippen LogP contribution in [0.3, 0.4) is 0 Å². The molecule has 0 aliphatic rings. The molecule has 3 nitrogen and oxygen atoms in total. The Hall–Kier alpha value is -2.65. The molecule has 1 amide bonds. The van der Waals surface area contributed by atoms with Gasteiger partial charge in [-0.25, -0.2) is 5.43 Å². The van der Waals surface area contributed by atoms with Crippen molar-refractivity contribution in [1.29, 1.82) is 0 Å². The zero-order valence-corrected chi connectivity index (χ0v) is 11.5. The summed E-state index contributed by atoms with van der Waals surface area (Å²) in [6, 6.07) is 23.5. The fourth-order valence-corrected chi connectivity index (χ4v) is 2.33. The van der Waals surface area contributed by atoms with E-state index >= 15 is 0 Å². The van der Waals surface area contributed by atoms with Gasteiger partial charge in [0.1, 0.15) is 0 Å². The molecule has 0 aromatic heterocycles. The monoisotopic (exact) mass is 276 g/mol. The van der Waals surface area contributed by atoms with Crippen molar-refractivity contribution in [1.82, 2.24) is 10.9 Å². The zero-order chi connectivity index (χ0) is 14.5. The average Bonchev–Trinajstić information content (AvgIpc) is 2.56. The molecular weight excluding hydrogens is 260 g/mol. The summed E-state index contributed by atoms with van der Waals surface area (Å²) in [7, 11) is 0. The summed E-state index contributed by atoms with van der Waals surface area (Å²) in [5.41, 5.74) is 7.51. The molecular formula is C18H16N2O. The van der Waals surface area contributed by atoms with Gasteiger partial charge in [0.15, 0.2) is 0 Å². The lowest BCUT2D eigenvalue weighted by atomic mass is 10.1. The summed E-state index contributed by atoms with van der Waals surface area (Å²) in [6.07, 6.45) is 0. The maximum atomic E-state index is 11.9. The molecule has 0 saturated heterocycles. The van der Waals surface area contributed by atoms with Crippen LogP contribution in [0.1, 0.15) is 15.9 Å². The van der Waals surface area contributed by atoms with Crippen LogP contribution >= 0.6 is 0 Å². The maximum Gasteiger partial charge on any atom is 0.265 e. The van der Waals surface area contributed by atoms with Crippen LogP contribution in [0.5, 0.6) is 0 Å². The molecule has 3 aromatic rings. The minimum Gasteiger partial charge on any atom is -0.287 e. The van der Waals surface area contributed by atoms with Gasteiger partial charge in [-0.1, -0.05) is 60.7 Å². The minimum atomic E-state index is -0.129. The number of carbonyl (C=O) groups excluding carboxylic acids is 1. The number of hydrogen-bond donors (Lipinski definition) is 2. The third-order valence-corrected chi connectivity index (χ3v) is 3.40. The zero-order valence-electron chi connectivity index (χ0n) is 11.5. The molecule has 3 heteroatoms. The van der Waals surface area contributed by atoms with Gasteiger partial charge < -0.3 is 0 Å². The van der Waals surface area contributed by atoms with Crippen LogP contribution in [-0.2, 0) is 6.54 Å². The summed E-state index contributed by atoms with van der Waals surface area (Å²) in [5, 5.41) is 2.40. The number of hydrogen-bond acceptors (Lipinski definition) is 2. The van der Waals surface area contributed by atoms with Gasteiger partial charge in [-0.15, -0.1) is 0 Å². The molecule has 21 heavy (non-hydrogen) atoms. The van der Waals surface area contributed by atoms with Crippen molar-refractivity contribution in [2.75, 3.05) is 0 Å². The first-order valence-corrected chi connectivity index (χ1v) is 6.89. The van der Waals surface area contributed by atoms with Gasteiger partial charge in [0.05, 0.1) is 0 Å². The second kappa shape index (κ2) is 6.20. The van der Waals surface area contributed by atoms with E-state index in [-0.39, 0.29) is 5.91 Å². The number of amides is 1. The summed E-state index contributed by atoms with van der Waals surface area (Å²) >= 11 is 0. The van der Waals surface area contributed by atoms with E-state index in [1.807, 2.05) is 36.4 Å². The topological polar surface area (TPSA) is 41.1 Å². The highest BCUT2D eigenvalue weighted by molar-refractivity contribution is 5.93. The first-order chi connectivity index (χ1) is 10.3. The highest BCUT2D eigenvalue weighted by Crippen LogP contribution is 2.17. The molecule has 3 aromatic carbocycles. The van der Waals surface area contributed by atoms with Crippen LogP contribution in [0.15, 0.2) is 72.8 Å². The lowest BCUT2D eigenvalue weighted by molar-refractivity contribution is 0.0932. The predicted molar refractivity (Wildman–Crippen MR) is 84.7 cm³/mol. The first-order valence-electron chi connectivity index (χ1n) is 6.89. The largest absolute Gasteiger partial charge is 0.287 e. The molecule has 3 rings (SSSR count). The number of nitrogens with one attached hydrogen (secondary N) is 2. The molecule has 0 aliphatic heterocycles. The van der Waals surface area contributed by atoms with Crippen LogP contribution in [0.2, 0.25) is 0 Å². The van der Waals surface area contributed by atoms with Gasteiger partial charge in [0.25, 0.3) is 5.91 Å². The fourth-order valence-electron chi connectivity index (χ4n) is 2.33. The van der Waals surface area contributed by atoms with Gasteiger partial charge >= 0.3 is 0 Å². The summed E-state index contributed by atoms with van der Waals surface area (Å²) in [4.78, 5) is 11.9. The quantitative estimate of drug-likeness (QED) is 0.718. The molecule has 0 atom stereocenters. The highest BCUT2D eigenvalue weighted by atomic mass is 16.2. The molecule has 0 unspecified atom stereocenters. The van der Waals surface area contributed by atoms with Crippen molar-refractivity contribution in [3.05, 3.63) is 83.9 Å². The van der Waals surface area contributed by atoms with Crippen molar-refractivity contribution in [3.63, 3.8) is 0 Å². The van der Waals surface area contributed by atoms with E-state index in [1.165, 1.54) is 10.8 Å². The van der Waals surface area contributed by atoms with Crippen molar-refractivity contribution >= 4 is 16.7 Å². The smallest absolute Gasteiger partial charge is 0.265 e. The Labute approximate surface area is 123 Å². The lowest BCUT2D eigenvalue weighted by Gasteiger charge is -2.09. The fraction of sp³-hybridized carbons (Fsp3) is 0.0556. The normalized spacial score (nSPS) is 10.5. The number of carbonyl (C=O) groups is 1. The molecule has 0 aliphatic carbocycles. The van der Waals surface area contributed by atoms with Crippen LogP contribution in [0, 0.1) is 0 Å². The van der Waals surface area contributed by atoms with Crippen LogP contribution in [0.25, 0.3) is 10.8 Å². The second-order valence-electron chi connectivity index (χ2n) is 4.81. The van der Waals surface area contributed by atoms with Crippen molar-refractivity contribution in [2.24, 2.45) is 0 Å². The van der Waals surface area contributed by atoms with Crippen LogP contribution in [-0.4, -0.2) is 5.91 Å². The molecule has 0 heterocycles. The van der Waals surface area contributed by atoms with E-state index in [0.717, 1.165) is 5.56 Å². The Morgan fingerprint density at radius 2 is 1.52 bits per heavy atom. The summed E-state index contributed by atoms with van der Waals surface area (Å²) < 4.78 is 0. The minimum absolute atomic E-state index is 0.129. The van der Waals surface area contributed by atoms with E-state index in [9.17, 15) is 4.79 Å². The maximum absolute atomic E-state index is 11.9. The molecule has 2 N–H and O–H groups in total. The number of rotatable bonds is 4. The van der Waals surface area contributed by atoms with Crippen molar-refractivity contribution < 1.29 is 4.79 Å². The summed E-state index contributed by atoms with van der Waals surface area (Å²) in [5.74, 6) is -0.129. The van der Waals surface area contributed by atoms with Gasteiger partial charge in [-0.3, -0.25) is 10.2 Å². The van der Waals surface area contributed by atoms with Gasteiger partial charge in [0.2, 0.25) is 0 Å². The van der Waals surface area contributed by atoms with Gasteiger partial charge in [-0.2, -0.15) is 0 Å². The molecule has 0 radical (unpaired) electrons. The van der Waals surface area contributed by atoms with Gasteiger partial charge in [-0.05, 0) is 28.5 Å². The number of hydrazine groups is 1. The second-order valence-corrected chi connectivity index (χ2v) is 4.81. The molecule has 0 fully saturated rings. The van der Waals surface area contributed by atoms with Crippen molar-refractivity contribution in [3.8, 4) is 0 Å². The van der Waals surface area contributed by atoms with E-state index in [4.69, 9.17) is 0 Å². The Balaban J connectivity index is 1.66. The third-order valence-electron chi connectivity index (χ3n) is 3.40. The summed E-state index contributed by atoms with van der Waals surface area (Å²) in [6.45, 7) is 0.583. The number of benzene rings is 3. The molecule has 104 valence electrons. The molecule has 0 saturated carbocycles. The average molecular weight is 276 g/mol. The highest BCUT2D eigenvalue weighted by Gasteiger charge is 2.04. The van der Waals surface area contributed by atoms with E-state index in [0.29, 0.717) is 12.1 Å². The van der Waals surface area contributed by atoms with Gasteiger partial charge in [0, 0.05) is 12.1 Å². The molecule has 0 spiro atoms. The Kier molecular flexibility index (Phi) is 3.94. The Morgan fingerprint density at radius 3 is 2.38 bits per heavy atom. The first kappa shape index (κ1) is 13.3. The Morgan fingerprint density at radius 1 is 0.810 bits per heavy atom. The standard InChI is InChI=1S/C18H16N2O/c21-18(15-8-2-1-3-9-15)20-19-13-16-11-6-10-14-7-4-5-12-17(14)16/h1-12,19H,13H2,(H,20,21). The number of fused-ring (bicyclic) bond motifs is 1. The Bertz CT molecular complexity index is 748. The predicted octanol–water partition coefficient (Wildman–Crippen LogP) is 3.27. The lowest BCUT2D eigenvalue weighted by Crippen LogP contribution is -2.36. The van der Waals surface area contributed by atoms with E-state index in [1.54, 1.807) is 12.1 Å². The van der Waals surface area contributed by atoms with Crippen LogP contribution in [0.4, 0.5) is 0 Å². The van der Waals surface area contributed by atoms with Crippen molar-refractivity contribution in [2.45, 2.75) is 6.54 Å². The van der Waals surface area contributed by atoms with E-state index < -0.39 is 0 Å².